The Morgan fingerprint density at radius 3 is 2.28 bits per heavy atom. The zero-order valence-corrected chi connectivity index (χ0v) is 19.5. The van der Waals surface area contributed by atoms with Crippen LogP contribution in [0.1, 0.15) is 49.9 Å². The highest BCUT2D eigenvalue weighted by atomic mass is 32.2. The van der Waals surface area contributed by atoms with Crippen LogP contribution in [0.5, 0.6) is 0 Å². The summed E-state index contributed by atoms with van der Waals surface area (Å²) < 4.78 is 32.2. The Kier molecular flexibility index (Phi) is 7.56. The first-order valence-electron chi connectivity index (χ1n) is 10.9. The van der Waals surface area contributed by atoms with Gasteiger partial charge in [-0.2, -0.15) is 0 Å². The lowest BCUT2D eigenvalue weighted by molar-refractivity contribution is -0.130. The van der Waals surface area contributed by atoms with Gasteiger partial charge in [-0.1, -0.05) is 38.0 Å². The van der Waals surface area contributed by atoms with E-state index in [1.54, 1.807) is 30.3 Å². The van der Waals surface area contributed by atoms with Gasteiger partial charge in [0.05, 0.1) is 16.1 Å². The predicted octanol–water partition coefficient (Wildman–Crippen LogP) is 3.75. The Balaban J connectivity index is 1.62. The third kappa shape index (κ3) is 5.48. The van der Waals surface area contributed by atoms with Crippen LogP contribution in [-0.4, -0.2) is 39.5 Å². The number of ether oxygens (including phenoxy) is 1. The summed E-state index contributed by atoms with van der Waals surface area (Å²) in [7, 11) is -2.30. The van der Waals surface area contributed by atoms with E-state index in [0.29, 0.717) is 11.6 Å². The maximum Gasteiger partial charge on any atom is 0.338 e. The molecule has 172 valence electrons. The number of nitrogens with zero attached hydrogens (tertiary/aromatic N) is 1. The van der Waals surface area contributed by atoms with Gasteiger partial charge in [-0.15, -0.1) is 0 Å². The van der Waals surface area contributed by atoms with E-state index in [9.17, 15) is 18.0 Å². The molecule has 32 heavy (non-hydrogen) atoms. The zero-order chi connectivity index (χ0) is 23.3. The Labute approximate surface area is 189 Å². The maximum atomic E-state index is 12.9. The topological polar surface area (TPSA) is 92.8 Å². The minimum absolute atomic E-state index is 0.0532. The van der Waals surface area contributed by atoms with Crippen molar-refractivity contribution >= 4 is 27.6 Å². The number of carbonyl (C=O) groups excluding carboxylic acids is 2. The Morgan fingerprint density at radius 2 is 1.66 bits per heavy atom. The number of para-hydroxylation sites is 1. The lowest BCUT2D eigenvalue weighted by Gasteiger charge is -2.30. The van der Waals surface area contributed by atoms with Crippen molar-refractivity contribution in [3.63, 3.8) is 0 Å². The molecule has 1 amide bonds. The fraction of sp³-hybridized carbons (Fsp3) is 0.417. The van der Waals surface area contributed by atoms with E-state index in [0.717, 1.165) is 19.3 Å². The van der Waals surface area contributed by atoms with Crippen LogP contribution in [-0.2, 0) is 19.6 Å². The number of nitrogens with one attached hydrogen (secondary N) is 1. The lowest BCUT2D eigenvalue weighted by atomic mass is 9.86. The van der Waals surface area contributed by atoms with Crippen molar-refractivity contribution in [1.29, 1.82) is 0 Å². The molecule has 0 heterocycles. The monoisotopic (exact) mass is 458 g/mol. The number of anilines is 1. The average molecular weight is 459 g/mol. The second-order valence-corrected chi connectivity index (χ2v) is 10.2. The van der Waals surface area contributed by atoms with E-state index in [4.69, 9.17) is 4.74 Å². The quantitative estimate of drug-likeness (QED) is 0.638. The smallest absolute Gasteiger partial charge is 0.338 e. The highest BCUT2D eigenvalue weighted by molar-refractivity contribution is 7.92. The summed E-state index contributed by atoms with van der Waals surface area (Å²) in [4.78, 5) is 25.0. The standard InChI is InChI=1S/C24H30N2O5S/c1-17-9-7-8-12-22(17)25-23(27)18(2)31-24(28)19-13-15-21(16-14-19)32(29,30)26(3)20-10-5-4-6-11-20/h4-6,10-11,13-18,22H,7-9,12H2,1-3H3,(H,25,27)/t17-,18+,22-/m1/s1. The zero-order valence-electron chi connectivity index (χ0n) is 18.7. The maximum absolute atomic E-state index is 12.9. The molecule has 1 saturated carbocycles. The summed E-state index contributed by atoms with van der Waals surface area (Å²) in [6.07, 6.45) is 3.32. The van der Waals surface area contributed by atoms with Gasteiger partial charge in [0, 0.05) is 13.1 Å². The number of carbonyl (C=O) groups is 2. The van der Waals surface area contributed by atoms with Crippen molar-refractivity contribution in [2.75, 3.05) is 11.4 Å². The van der Waals surface area contributed by atoms with Gasteiger partial charge >= 0.3 is 5.97 Å². The van der Waals surface area contributed by atoms with Crippen LogP contribution in [0.15, 0.2) is 59.5 Å². The van der Waals surface area contributed by atoms with Gasteiger partial charge in [-0.05, 0) is 62.1 Å². The molecule has 0 saturated heterocycles. The van der Waals surface area contributed by atoms with E-state index < -0.39 is 22.1 Å². The van der Waals surface area contributed by atoms with Crippen molar-refractivity contribution in [2.24, 2.45) is 5.92 Å². The van der Waals surface area contributed by atoms with E-state index >= 15 is 0 Å². The minimum atomic E-state index is -3.78. The Morgan fingerprint density at radius 1 is 1.03 bits per heavy atom. The number of hydrogen-bond donors (Lipinski definition) is 1. The van der Waals surface area contributed by atoms with Gasteiger partial charge in [-0.25, -0.2) is 13.2 Å². The van der Waals surface area contributed by atoms with Crippen molar-refractivity contribution < 1.29 is 22.7 Å². The molecule has 1 aliphatic rings. The summed E-state index contributed by atoms with van der Waals surface area (Å²) in [5.41, 5.74) is 0.708. The lowest BCUT2D eigenvalue weighted by Crippen LogP contribution is -2.45. The van der Waals surface area contributed by atoms with Crippen LogP contribution >= 0.6 is 0 Å². The van der Waals surface area contributed by atoms with Gasteiger partial charge in [0.1, 0.15) is 0 Å². The fourth-order valence-electron chi connectivity index (χ4n) is 3.81. The van der Waals surface area contributed by atoms with Crippen LogP contribution in [0, 0.1) is 5.92 Å². The molecule has 0 spiro atoms. The van der Waals surface area contributed by atoms with E-state index in [2.05, 4.69) is 12.2 Å². The molecule has 3 atom stereocenters. The molecule has 0 unspecified atom stereocenters. The molecule has 7 nitrogen and oxygen atoms in total. The number of rotatable bonds is 7. The number of benzene rings is 2. The molecule has 0 aromatic heterocycles. The highest BCUT2D eigenvalue weighted by Crippen LogP contribution is 2.24. The normalized spacial score (nSPS) is 19.6. The molecule has 0 radical (unpaired) electrons. The van der Waals surface area contributed by atoms with E-state index in [-0.39, 0.29) is 22.4 Å². The molecule has 0 bridgehead atoms. The molecular formula is C24H30N2O5S. The third-order valence-electron chi connectivity index (χ3n) is 5.96. The van der Waals surface area contributed by atoms with Gasteiger partial charge < -0.3 is 10.1 Å². The second-order valence-electron chi connectivity index (χ2n) is 8.26. The van der Waals surface area contributed by atoms with Gasteiger partial charge in [0.25, 0.3) is 15.9 Å². The van der Waals surface area contributed by atoms with Crippen LogP contribution in [0.4, 0.5) is 5.69 Å². The van der Waals surface area contributed by atoms with Crippen LogP contribution in [0.25, 0.3) is 0 Å². The molecule has 3 rings (SSSR count). The van der Waals surface area contributed by atoms with Gasteiger partial charge in [0.15, 0.2) is 6.10 Å². The molecule has 1 fully saturated rings. The largest absolute Gasteiger partial charge is 0.449 e. The minimum Gasteiger partial charge on any atom is -0.449 e. The molecule has 8 heteroatoms. The van der Waals surface area contributed by atoms with Crippen LogP contribution < -0.4 is 9.62 Å². The molecule has 1 N–H and O–H groups in total. The van der Waals surface area contributed by atoms with Gasteiger partial charge in [-0.3, -0.25) is 9.10 Å². The van der Waals surface area contributed by atoms with Crippen LogP contribution in [0.2, 0.25) is 0 Å². The van der Waals surface area contributed by atoms with Crippen LogP contribution in [0.3, 0.4) is 0 Å². The molecule has 0 aliphatic heterocycles. The third-order valence-corrected chi connectivity index (χ3v) is 7.76. The highest BCUT2D eigenvalue weighted by Gasteiger charge is 2.27. The SMILES string of the molecule is C[C@H](OC(=O)c1ccc(S(=O)(=O)N(C)c2ccccc2)cc1)C(=O)N[C@@H]1CCCC[C@H]1C. The first-order chi connectivity index (χ1) is 15.2. The average Bonchev–Trinajstić information content (AvgIpc) is 2.80. The molecular weight excluding hydrogens is 428 g/mol. The fourth-order valence-corrected chi connectivity index (χ4v) is 5.01. The van der Waals surface area contributed by atoms with Gasteiger partial charge in [0.2, 0.25) is 0 Å². The first kappa shape index (κ1) is 23.8. The molecule has 2 aromatic carbocycles. The number of amides is 1. The van der Waals surface area contributed by atoms with Crippen molar-refractivity contribution in [3.8, 4) is 0 Å². The van der Waals surface area contributed by atoms with Crippen molar-refractivity contribution in [2.45, 2.75) is 56.6 Å². The number of hydrogen-bond acceptors (Lipinski definition) is 5. The summed E-state index contributed by atoms with van der Waals surface area (Å²) in [6, 6.07) is 14.3. The summed E-state index contributed by atoms with van der Waals surface area (Å²) in [5, 5.41) is 2.98. The second kappa shape index (κ2) is 10.2. The number of sulfonamides is 1. The number of esters is 1. The Hall–Kier alpha value is -2.87. The summed E-state index contributed by atoms with van der Waals surface area (Å²) >= 11 is 0. The van der Waals surface area contributed by atoms with Crippen molar-refractivity contribution in [1.82, 2.24) is 5.32 Å². The molecule has 2 aromatic rings. The summed E-state index contributed by atoms with van der Waals surface area (Å²) in [5.74, 6) is -0.593. The van der Waals surface area contributed by atoms with E-state index in [1.165, 1.54) is 49.0 Å². The predicted molar refractivity (Wildman–Crippen MR) is 123 cm³/mol. The van der Waals surface area contributed by atoms with Crippen molar-refractivity contribution in [3.05, 3.63) is 60.2 Å². The Bertz CT molecular complexity index is 1040. The molecule has 1 aliphatic carbocycles. The summed E-state index contributed by atoms with van der Waals surface area (Å²) in [6.45, 7) is 3.65. The van der Waals surface area contributed by atoms with E-state index in [1.807, 2.05) is 0 Å². The first-order valence-corrected chi connectivity index (χ1v) is 12.3.